The average molecular weight is 297 g/mol. The number of aryl methyl sites for hydroxylation is 1. The summed E-state index contributed by atoms with van der Waals surface area (Å²) in [6, 6.07) is 5.38. The summed E-state index contributed by atoms with van der Waals surface area (Å²) in [5.74, 6) is -0.449. The standard InChI is InChI=1S/C15H15N5O2/c1-3-22-15(21)13-7-14(11-8-17-19(2)10-11)20(18-13)12-5-4-6-16-9-12/h4-10H,3H2,1-2H3. The summed E-state index contributed by atoms with van der Waals surface area (Å²) in [4.78, 5) is 16.0. The fourth-order valence-electron chi connectivity index (χ4n) is 2.12. The van der Waals surface area contributed by atoms with Crippen molar-refractivity contribution < 1.29 is 9.53 Å². The van der Waals surface area contributed by atoms with Gasteiger partial charge in [0.1, 0.15) is 0 Å². The molecule has 0 aliphatic heterocycles. The molecule has 0 saturated heterocycles. The van der Waals surface area contributed by atoms with Crippen LogP contribution < -0.4 is 0 Å². The van der Waals surface area contributed by atoms with Gasteiger partial charge in [-0.15, -0.1) is 0 Å². The molecule has 3 rings (SSSR count). The van der Waals surface area contributed by atoms with Crippen molar-refractivity contribution in [1.82, 2.24) is 24.5 Å². The van der Waals surface area contributed by atoms with Gasteiger partial charge in [-0.3, -0.25) is 9.67 Å². The van der Waals surface area contributed by atoms with E-state index in [1.54, 1.807) is 40.9 Å². The first-order chi connectivity index (χ1) is 10.7. The van der Waals surface area contributed by atoms with E-state index in [0.29, 0.717) is 6.61 Å². The molecule has 0 unspecified atom stereocenters. The largest absolute Gasteiger partial charge is 0.461 e. The summed E-state index contributed by atoms with van der Waals surface area (Å²) in [5, 5.41) is 8.51. The van der Waals surface area contributed by atoms with Crippen molar-refractivity contribution >= 4 is 5.97 Å². The molecule has 0 N–H and O–H groups in total. The molecule has 3 aromatic rings. The molecule has 112 valence electrons. The van der Waals surface area contributed by atoms with E-state index in [1.165, 1.54) is 0 Å². The number of hydrogen-bond acceptors (Lipinski definition) is 5. The Bertz CT molecular complexity index is 791. The molecule has 0 aromatic carbocycles. The van der Waals surface area contributed by atoms with E-state index in [0.717, 1.165) is 16.9 Å². The van der Waals surface area contributed by atoms with Gasteiger partial charge in [-0.2, -0.15) is 10.2 Å². The molecule has 0 atom stereocenters. The first kappa shape index (κ1) is 14.0. The van der Waals surface area contributed by atoms with Crippen LogP contribution in [0.2, 0.25) is 0 Å². The summed E-state index contributed by atoms with van der Waals surface area (Å²) in [6.07, 6.45) is 6.95. The molecule has 3 aromatic heterocycles. The fraction of sp³-hybridized carbons (Fsp3) is 0.200. The second kappa shape index (κ2) is 5.80. The van der Waals surface area contributed by atoms with Gasteiger partial charge in [0, 0.05) is 25.0 Å². The van der Waals surface area contributed by atoms with Crippen LogP contribution in [0.4, 0.5) is 0 Å². The minimum atomic E-state index is -0.449. The molecule has 0 saturated carbocycles. The zero-order valence-corrected chi connectivity index (χ0v) is 12.3. The Morgan fingerprint density at radius 3 is 2.86 bits per heavy atom. The summed E-state index contributed by atoms with van der Waals surface area (Å²) < 4.78 is 8.38. The van der Waals surface area contributed by atoms with Gasteiger partial charge in [0.25, 0.3) is 0 Å². The number of esters is 1. The lowest BCUT2D eigenvalue weighted by molar-refractivity contribution is 0.0519. The molecule has 0 spiro atoms. The van der Waals surface area contributed by atoms with E-state index >= 15 is 0 Å². The van der Waals surface area contributed by atoms with Crippen LogP contribution in [0.3, 0.4) is 0 Å². The number of carbonyl (C=O) groups is 1. The van der Waals surface area contributed by atoms with Crippen molar-refractivity contribution in [1.29, 1.82) is 0 Å². The molecular weight excluding hydrogens is 282 g/mol. The average Bonchev–Trinajstić information content (AvgIpc) is 3.14. The lowest BCUT2D eigenvalue weighted by atomic mass is 10.2. The number of nitrogens with zero attached hydrogens (tertiary/aromatic N) is 5. The minimum Gasteiger partial charge on any atom is -0.461 e. The number of pyridine rings is 1. The molecule has 0 amide bonds. The van der Waals surface area contributed by atoms with Gasteiger partial charge in [-0.05, 0) is 25.1 Å². The van der Waals surface area contributed by atoms with Crippen molar-refractivity contribution in [3.63, 3.8) is 0 Å². The van der Waals surface area contributed by atoms with Crippen LogP contribution in [-0.2, 0) is 11.8 Å². The van der Waals surface area contributed by atoms with Crippen molar-refractivity contribution in [2.45, 2.75) is 6.92 Å². The lowest BCUT2D eigenvalue weighted by Gasteiger charge is -2.04. The second-order valence-corrected chi connectivity index (χ2v) is 4.66. The Morgan fingerprint density at radius 2 is 2.23 bits per heavy atom. The van der Waals surface area contributed by atoms with E-state index in [4.69, 9.17) is 4.74 Å². The highest BCUT2D eigenvalue weighted by atomic mass is 16.5. The first-order valence-electron chi connectivity index (χ1n) is 6.85. The summed E-state index contributed by atoms with van der Waals surface area (Å²) in [7, 11) is 1.83. The van der Waals surface area contributed by atoms with Crippen molar-refractivity contribution in [3.8, 4) is 16.9 Å². The third kappa shape index (κ3) is 2.60. The van der Waals surface area contributed by atoms with Crippen LogP contribution in [0.15, 0.2) is 43.0 Å². The predicted molar refractivity (Wildman–Crippen MR) is 79.5 cm³/mol. The highest BCUT2D eigenvalue weighted by molar-refractivity contribution is 5.89. The number of hydrogen-bond donors (Lipinski definition) is 0. The SMILES string of the molecule is CCOC(=O)c1cc(-c2cnn(C)c2)n(-c2cccnc2)n1. The van der Waals surface area contributed by atoms with Gasteiger partial charge in [0.2, 0.25) is 0 Å². The molecule has 0 aliphatic rings. The van der Waals surface area contributed by atoms with Crippen LogP contribution in [-0.4, -0.2) is 37.1 Å². The molecule has 22 heavy (non-hydrogen) atoms. The zero-order valence-electron chi connectivity index (χ0n) is 12.3. The monoisotopic (exact) mass is 297 g/mol. The van der Waals surface area contributed by atoms with E-state index in [1.807, 2.05) is 25.4 Å². The molecular formula is C15H15N5O2. The molecule has 0 aliphatic carbocycles. The number of ether oxygens (including phenoxy) is 1. The number of carbonyl (C=O) groups excluding carboxylic acids is 1. The maximum atomic E-state index is 11.9. The zero-order chi connectivity index (χ0) is 15.5. The molecule has 0 radical (unpaired) electrons. The van der Waals surface area contributed by atoms with Crippen molar-refractivity contribution in [2.75, 3.05) is 6.61 Å². The van der Waals surface area contributed by atoms with Crippen LogP contribution in [0, 0.1) is 0 Å². The highest BCUT2D eigenvalue weighted by Gasteiger charge is 2.18. The van der Waals surface area contributed by atoms with Crippen LogP contribution in [0.1, 0.15) is 17.4 Å². The van der Waals surface area contributed by atoms with Gasteiger partial charge in [0.15, 0.2) is 5.69 Å². The van der Waals surface area contributed by atoms with E-state index < -0.39 is 5.97 Å². The quantitative estimate of drug-likeness (QED) is 0.687. The van der Waals surface area contributed by atoms with Gasteiger partial charge >= 0.3 is 5.97 Å². The van der Waals surface area contributed by atoms with Gasteiger partial charge in [-0.25, -0.2) is 9.48 Å². The van der Waals surface area contributed by atoms with Gasteiger partial charge in [-0.1, -0.05) is 0 Å². The Morgan fingerprint density at radius 1 is 1.36 bits per heavy atom. The van der Waals surface area contributed by atoms with Gasteiger partial charge in [0.05, 0.1) is 30.4 Å². The molecule has 7 heteroatoms. The molecule has 7 nitrogen and oxygen atoms in total. The van der Waals surface area contributed by atoms with Crippen molar-refractivity contribution in [3.05, 3.63) is 48.7 Å². The van der Waals surface area contributed by atoms with Crippen molar-refractivity contribution in [2.24, 2.45) is 7.05 Å². The molecule has 0 bridgehead atoms. The van der Waals surface area contributed by atoms with Crippen LogP contribution in [0.5, 0.6) is 0 Å². The summed E-state index contributed by atoms with van der Waals surface area (Å²) >= 11 is 0. The van der Waals surface area contributed by atoms with E-state index in [9.17, 15) is 4.79 Å². The normalized spacial score (nSPS) is 10.6. The maximum absolute atomic E-state index is 11.9. The van der Waals surface area contributed by atoms with Crippen LogP contribution >= 0.6 is 0 Å². The van der Waals surface area contributed by atoms with E-state index in [-0.39, 0.29) is 5.69 Å². The third-order valence-electron chi connectivity index (χ3n) is 3.09. The smallest absolute Gasteiger partial charge is 0.358 e. The Balaban J connectivity index is 2.12. The Hall–Kier alpha value is -2.96. The second-order valence-electron chi connectivity index (χ2n) is 4.66. The predicted octanol–water partition coefficient (Wildman–Crippen LogP) is 1.84. The Kier molecular flexibility index (Phi) is 3.69. The highest BCUT2D eigenvalue weighted by Crippen LogP contribution is 2.23. The third-order valence-corrected chi connectivity index (χ3v) is 3.09. The topological polar surface area (TPSA) is 74.8 Å². The summed E-state index contributed by atoms with van der Waals surface area (Å²) in [5.41, 5.74) is 2.63. The lowest BCUT2D eigenvalue weighted by Crippen LogP contribution is -2.06. The van der Waals surface area contributed by atoms with Crippen LogP contribution in [0.25, 0.3) is 16.9 Å². The number of rotatable bonds is 4. The molecule has 0 fully saturated rings. The van der Waals surface area contributed by atoms with Gasteiger partial charge < -0.3 is 4.74 Å². The first-order valence-corrected chi connectivity index (χ1v) is 6.85. The Labute approximate surface area is 127 Å². The summed E-state index contributed by atoms with van der Waals surface area (Å²) in [6.45, 7) is 2.07. The maximum Gasteiger partial charge on any atom is 0.358 e. The fourth-order valence-corrected chi connectivity index (χ4v) is 2.12. The molecule has 3 heterocycles. The van der Waals surface area contributed by atoms with E-state index in [2.05, 4.69) is 15.2 Å². The minimum absolute atomic E-state index is 0.254. The number of aromatic nitrogens is 5.